The maximum atomic E-state index is 13.0. The van der Waals surface area contributed by atoms with Gasteiger partial charge in [0.1, 0.15) is 0 Å². The molecule has 9 heteroatoms. The van der Waals surface area contributed by atoms with Crippen LogP contribution >= 0.6 is 24.8 Å². The fraction of sp³-hybridized carbons (Fsp3) is 0.650. The van der Waals surface area contributed by atoms with Crippen LogP contribution in [-0.2, 0) is 11.2 Å². The summed E-state index contributed by atoms with van der Waals surface area (Å²) in [6, 6.07) is 4.20. The van der Waals surface area contributed by atoms with E-state index in [2.05, 4.69) is 17.0 Å². The summed E-state index contributed by atoms with van der Waals surface area (Å²) >= 11 is 0. The third kappa shape index (κ3) is 4.29. The molecule has 2 N–H and O–H groups in total. The Labute approximate surface area is 183 Å². The van der Waals surface area contributed by atoms with Gasteiger partial charge in [-0.05, 0) is 36.1 Å². The summed E-state index contributed by atoms with van der Waals surface area (Å²) in [7, 11) is 3.30. The average Bonchev–Trinajstić information content (AvgIpc) is 3.06. The van der Waals surface area contributed by atoms with Crippen molar-refractivity contribution in [1.82, 2.24) is 9.80 Å². The van der Waals surface area contributed by atoms with Crippen LogP contribution in [0.5, 0.6) is 11.5 Å². The maximum Gasteiger partial charge on any atom is 0.223 e. The Bertz CT molecular complexity index is 739. The summed E-state index contributed by atoms with van der Waals surface area (Å²) in [4.78, 5) is 16.6. The molecule has 0 saturated carbocycles. The number of amides is 1. The number of nitrogens with two attached hydrogens (primary N) is 1. The summed E-state index contributed by atoms with van der Waals surface area (Å²) in [5.74, 6) is 1.35. The van der Waals surface area contributed by atoms with Crippen molar-refractivity contribution in [3.8, 4) is 11.5 Å². The van der Waals surface area contributed by atoms with Crippen LogP contribution in [0.25, 0.3) is 0 Å². The van der Waals surface area contributed by atoms with Crippen molar-refractivity contribution < 1.29 is 18.7 Å². The van der Waals surface area contributed by atoms with Crippen molar-refractivity contribution in [3.05, 3.63) is 23.3 Å². The van der Waals surface area contributed by atoms with Gasteiger partial charge in [0.15, 0.2) is 11.5 Å². The predicted octanol–water partition coefficient (Wildman–Crippen LogP) is 2.36. The number of hydrogen-bond donors (Lipinski definition) is 1. The highest BCUT2D eigenvalue weighted by Crippen LogP contribution is 2.42. The molecule has 4 unspecified atom stereocenters. The lowest BCUT2D eigenvalue weighted by Gasteiger charge is -2.48. The van der Waals surface area contributed by atoms with E-state index in [1.165, 1.54) is 11.1 Å². The third-order valence-corrected chi connectivity index (χ3v) is 6.38. The average molecular weight is 450 g/mol. The molecule has 164 valence electrons. The number of fused-ring (bicyclic) bond motifs is 3. The van der Waals surface area contributed by atoms with E-state index in [0.717, 1.165) is 37.4 Å². The number of nitrogens with zero attached hydrogens (tertiary/aromatic N) is 2. The molecule has 3 aliphatic rings. The number of alkyl halides is 1. The molecule has 0 spiro atoms. The number of likely N-dealkylation sites (tertiary alicyclic amines) is 1. The van der Waals surface area contributed by atoms with Gasteiger partial charge < -0.3 is 20.1 Å². The van der Waals surface area contributed by atoms with Crippen molar-refractivity contribution in [2.45, 2.75) is 37.4 Å². The van der Waals surface area contributed by atoms with Crippen molar-refractivity contribution in [2.24, 2.45) is 11.7 Å². The van der Waals surface area contributed by atoms with Gasteiger partial charge in [0.25, 0.3) is 0 Å². The highest BCUT2D eigenvalue weighted by atomic mass is 35.5. The molecule has 1 aromatic rings. The molecule has 2 fully saturated rings. The molecule has 6 nitrogen and oxygen atoms in total. The Morgan fingerprint density at radius 3 is 2.48 bits per heavy atom. The van der Waals surface area contributed by atoms with Gasteiger partial charge in [0, 0.05) is 44.1 Å². The van der Waals surface area contributed by atoms with Crippen LogP contribution in [-0.4, -0.2) is 68.3 Å². The van der Waals surface area contributed by atoms with Gasteiger partial charge in [0.05, 0.1) is 26.9 Å². The van der Waals surface area contributed by atoms with Crippen molar-refractivity contribution in [1.29, 1.82) is 0 Å². The molecular weight excluding hydrogens is 420 g/mol. The molecule has 3 heterocycles. The smallest absolute Gasteiger partial charge is 0.223 e. The monoisotopic (exact) mass is 449 g/mol. The molecule has 29 heavy (non-hydrogen) atoms. The molecule has 1 amide bonds. The Morgan fingerprint density at radius 1 is 1.17 bits per heavy atom. The second-order valence-corrected chi connectivity index (χ2v) is 7.90. The number of halogens is 3. The number of methoxy groups -OCH3 is 2. The summed E-state index contributed by atoms with van der Waals surface area (Å²) in [5.41, 5.74) is 9.04. The first kappa shape index (κ1) is 24.0. The van der Waals surface area contributed by atoms with E-state index in [0.29, 0.717) is 13.0 Å². The number of piperidine rings is 1. The molecule has 3 aliphatic heterocycles. The Balaban J connectivity index is 0.00000150. The molecule has 0 bridgehead atoms. The van der Waals surface area contributed by atoms with Gasteiger partial charge in [-0.2, -0.15) is 0 Å². The Kier molecular flexibility index (Phi) is 8.01. The minimum absolute atomic E-state index is 0. The first-order chi connectivity index (χ1) is 13.0. The molecule has 0 aliphatic carbocycles. The van der Waals surface area contributed by atoms with E-state index in [-0.39, 0.29) is 54.8 Å². The second kappa shape index (κ2) is 9.69. The van der Waals surface area contributed by atoms with Gasteiger partial charge in [-0.3, -0.25) is 14.1 Å². The fourth-order valence-corrected chi connectivity index (χ4v) is 4.93. The highest BCUT2D eigenvalue weighted by Gasteiger charge is 2.44. The number of ether oxygens (including phenoxy) is 2. The third-order valence-electron chi connectivity index (χ3n) is 6.38. The standard InChI is InChI=1S/C20H28FN3O3.2ClH/c1-26-18-6-13-3-4-23-11-17(24-10-12(9-21)5-20(24)25)15(22)8-16(23)14(13)7-19(18)27-2;;/h6-7,12,15-17H,3-5,8-11,22H2,1-2H3;2*1H. The zero-order valence-corrected chi connectivity index (χ0v) is 18.4. The largest absolute Gasteiger partial charge is 0.493 e. The van der Waals surface area contributed by atoms with Crippen LogP contribution in [0, 0.1) is 5.92 Å². The molecule has 1 aromatic carbocycles. The second-order valence-electron chi connectivity index (χ2n) is 7.90. The van der Waals surface area contributed by atoms with E-state index in [1.54, 1.807) is 14.2 Å². The normalized spacial score (nSPS) is 28.7. The van der Waals surface area contributed by atoms with Crippen molar-refractivity contribution >= 4 is 30.7 Å². The number of hydrogen-bond acceptors (Lipinski definition) is 5. The van der Waals surface area contributed by atoms with Crippen LogP contribution in [0.15, 0.2) is 12.1 Å². The topological polar surface area (TPSA) is 68.0 Å². The minimum Gasteiger partial charge on any atom is -0.493 e. The number of benzene rings is 1. The van der Waals surface area contributed by atoms with E-state index < -0.39 is 6.67 Å². The van der Waals surface area contributed by atoms with Crippen LogP contribution < -0.4 is 15.2 Å². The lowest BCUT2D eigenvalue weighted by molar-refractivity contribution is -0.131. The van der Waals surface area contributed by atoms with Crippen LogP contribution in [0.3, 0.4) is 0 Å². The van der Waals surface area contributed by atoms with E-state index >= 15 is 0 Å². The molecule has 4 atom stereocenters. The zero-order valence-electron chi connectivity index (χ0n) is 16.8. The minimum atomic E-state index is -0.439. The van der Waals surface area contributed by atoms with Crippen molar-refractivity contribution in [3.63, 3.8) is 0 Å². The molecule has 0 radical (unpaired) electrons. The van der Waals surface area contributed by atoms with E-state index in [4.69, 9.17) is 15.2 Å². The van der Waals surface area contributed by atoms with Crippen LogP contribution in [0.4, 0.5) is 4.39 Å². The first-order valence-electron chi connectivity index (χ1n) is 9.65. The van der Waals surface area contributed by atoms with Crippen molar-refractivity contribution in [2.75, 3.05) is 40.5 Å². The summed E-state index contributed by atoms with van der Waals surface area (Å²) < 4.78 is 24.0. The lowest BCUT2D eigenvalue weighted by Crippen LogP contribution is -2.60. The summed E-state index contributed by atoms with van der Waals surface area (Å²) in [5, 5.41) is 0. The van der Waals surface area contributed by atoms with Crippen LogP contribution in [0.2, 0.25) is 0 Å². The number of carbonyl (C=O) groups excluding carboxylic acids is 1. The first-order valence-corrected chi connectivity index (χ1v) is 9.65. The molecular formula is C20H30Cl2FN3O3. The Morgan fingerprint density at radius 2 is 1.86 bits per heavy atom. The predicted molar refractivity (Wildman–Crippen MR) is 114 cm³/mol. The Hall–Kier alpha value is -1.28. The van der Waals surface area contributed by atoms with Gasteiger partial charge in [-0.1, -0.05) is 0 Å². The SMILES string of the molecule is COc1cc2c(cc1OC)C1CC(N)C(N3CC(CF)CC3=O)CN1CC2.Cl.Cl. The highest BCUT2D eigenvalue weighted by molar-refractivity contribution is 5.85. The van der Waals surface area contributed by atoms with Gasteiger partial charge in [-0.15, -0.1) is 24.8 Å². The number of rotatable bonds is 4. The lowest BCUT2D eigenvalue weighted by atomic mass is 9.83. The molecule has 4 rings (SSSR count). The molecule has 2 saturated heterocycles. The quantitative estimate of drug-likeness (QED) is 0.763. The van der Waals surface area contributed by atoms with E-state index in [9.17, 15) is 9.18 Å². The fourth-order valence-electron chi connectivity index (χ4n) is 4.93. The van der Waals surface area contributed by atoms with E-state index in [1.807, 2.05) is 4.90 Å². The number of carbonyl (C=O) groups is 1. The maximum absolute atomic E-state index is 13.0. The van der Waals surface area contributed by atoms with Crippen LogP contribution in [0.1, 0.15) is 30.0 Å². The van der Waals surface area contributed by atoms with Gasteiger partial charge in [-0.25, -0.2) is 0 Å². The summed E-state index contributed by atoms with van der Waals surface area (Å²) in [6.45, 7) is 1.72. The summed E-state index contributed by atoms with van der Waals surface area (Å²) in [6.07, 6.45) is 2.01. The molecule has 0 aromatic heterocycles. The zero-order chi connectivity index (χ0) is 19.1. The van der Waals surface area contributed by atoms with Gasteiger partial charge >= 0.3 is 0 Å². The van der Waals surface area contributed by atoms with Gasteiger partial charge in [0.2, 0.25) is 5.91 Å².